The summed E-state index contributed by atoms with van der Waals surface area (Å²) in [7, 11) is 0. The maximum absolute atomic E-state index is 12.9. The fourth-order valence-electron chi connectivity index (χ4n) is 3.82. The highest BCUT2D eigenvalue weighted by molar-refractivity contribution is 5.98. The molecule has 29 heavy (non-hydrogen) atoms. The van der Waals surface area contributed by atoms with Crippen LogP contribution in [0.2, 0.25) is 0 Å². The largest absolute Gasteiger partial charge is 0.339 e. The lowest BCUT2D eigenvalue weighted by atomic mass is 10.0. The quantitative estimate of drug-likeness (QED) is 0.754. The number of para-hydroxylation sites is 1. The minimum atomic E-state index is -0.103. The zero-order chi connectivity index (χ0) is 20.8. The Labute approximate surface area is 173 Å². The van der Waals surface area contributed by atoms with Crippen LogP contribution in [0.15, 0.2) is 54.6 Å². The molecule has 2 aromatic rings. The van der Waals surface area contributed by atoms with Gasteiger partial charge in [-0.3, -0.25) is 14.5 Å². The van der Waals surface area contributed by atoms with Gasteiger partial charge in [-0.1, -0.05) is 62.4 Å². The highest BCUT2D eigenvalue weighted by Gasteiger charge is 2.25. The summed E-state index contributed by atoms with van der Waals surface area (Å²) in [5.74, 6) is 0.192. The lowest BCUT2D eigenvalue weighted by Gasteiger charge is -2.36. The second-order valence-corrected chi connectivity index (χ2v) is 7.96. The molecule has 0 aromatic heterocycles. The van der Waals surface area contributed by atoms with Crippen molar-refractivity contribution in [1.82, 2.24) is 9.80 Å². The third-order valence-corrected chi connectivity index (χ3v) is 5.50. The number of piperazine rings is 1. The molecule has 2 amide bonds. The van der Waals surface area contributed by atoms with E-state index in [2.05, 4.69) is 43.0 Å². The molecule has 5 nitrogen and oxygen atoms in total. The highest BCUT2D eigenvalue weighted by Crippen LogP contribution is 2.27. The van der Waals surface area contributed by atoms with Crippen LogP contribution in [0.1, 0.15) is 37.8 Å². The molecule has 0 N–H and O–H groups in total. The Kier molecular flexibility index (Phi) is 7.04. The maximum atomic E-state index is 12.9. The highest BCUT2D eigenvalue weighted by atomic mass is 16.2. The SMILES string of the molecule is CC(=O)N(CC(=O)N1CCN(Cc2ccccc2)CC1)c1ccccc1C(C)C. The van der Waals surface area contributed by atoms with Crippen LogP contribution in [-0.2, 0) is 16.1 Å². The number of amides is 2. The fraction of sp³-hybridized carbons (Fsp3) is 0.417. The minimum absolute atomic E-state index is 0.0121. The molecule has 0 saturated carbocycles. The molecule has 5 heteroatoms. The molecule has 0 radical (unpaired) electrons. The van der Waals surface area contributed by atoms with Crippen LogP contribution in [0.5, 0.6) is 0 Å². The van der Waals surface area contributed by atoms with Gasteiger partial charge in [0.25, 0.3) is 0 Å². The van der Waals surface area contributed by atoms with E-state index in [0.717, 1.165) is 30.9 Å². The van der Waals surface area contributed by atoms with E-state index in [-0.39, 0.29) is 24.3 Å². The van der Waals surface area contributed by atoms with Gasteiger partial charge in [-0.2, -0.15) is 0 Å². The third kappa shape index (κ3) is 5.45. The van der Waals surface area contributed by atoms with Gasteiger partial charge in [0.15, 0.2) is 0 Å². The number of benzene rings is 2. The Morgan fingerprint density at radius 1 is 0.931 bits per heavy atom. The molecule has 0 spiro atoms. The zero-order valence-corrected chi connectivity index (χ0v) is 17.7. The first-order chi connectivity index (χ1) is 14.0. The number of carbonyl (C=O) groups excluding carboxylic acids is 2. The van der Waals surface area contributed by atoms with Crippen LogP contribution in [0.3, 0.4) is 0 Å². The van der Waals surface area contributed by atoms with Crippen molar-refractivity contribution in [2.24, 2.45) is 0 Å². The standard InChI is InChI=1S/C24H31N3O2/c1-19(2)22-11-7-8-12-23(22)27(20(3)28)18-24(29)26-15-13-25(14-16-26)17-21-9-5-4-6-10-21/h4-12,19H,13-18H2,1-3H3. The molecule has 0 unspecified atom stereocenters. The van der Waals surface area contributed by atoms with Crippen LogP contribution in [0.25, 0.3) is 0 Å². The van der Waals surface area contributed by atoms with Crippen molar-refractivity contribution in [2.75, 3.05) is 37.6 Å². The molecule has 1 aliphatic heterocycles. The normalized spacial score (nSPS) is 14.8. The molecule has 0 aliphatic carbocycles. The predicted molar refractivity (Wildman–Crippen MR) is 117 cm³/mol. The molecule has 1 fully saturated rings. The molecule has 0 atom stereocenters. The van der Waals surface area contributed by atoms with E-state index in [1.54, 1.807) is 4.90 Å². The summed E-state index contributed by atoms with van der Waals surface area (Å²) in [6.07, 6.45) is 0. The van der Waals surface area contributed by atoms with Gasteiger partial charge in [0.1, 0.15) is 6.54 Å². The number of hydrogen-bond acceptors (Lipinski definition) is 3. The first-order valence-corrected chi connectivity index (χ1v) is 10.4. The Hall–Kier alpha value is -2.66. The number of anilines is 1. The van der Waals surface area contributed by atoms with Crippen molar-refractivity contribution in [2.45, 2.75) is 33.2 Å². The first-order valence-electron chi connectivity index (χ1n) is 10.4. The van der Waals surface area contributed by atoms with E-state index >= 15 is 0 Å². The van der Waals surface area contributed by atoms with Crippen LogP contribution in [0.4, 0.5) is 5.69 Å². The molecule has 1 aliphatic rings. The van der Waals surface area contributed by atoms with Gasteiger partial charge in [-0.05, 0) is 23.1 Å². The lowest BCUT2D eigenvalue weighted by molar-refractivity contribution is -0.132. The number of rotatable bonds is 6. The van der Waals surface area contributed by atoms with Gasteiger partial charge in [-0.15, -0.1) is 0 Å². The summed E-state index contributed by atoms with van der Waals surface area (Å²) in [5, 5.41) is 0. The van der Waals surface area contributed by atoms with Gasteiger partial charge < -0.3 is 9.80 Å². The molecular weight excluding hydrogens is 362 g/mol. The molecule has 1 saturated heterocycles. The average Bonchev–Trinajstić information content (AvgIpc) is 2.73. The van der Waals surface area contributed by atoms with E-state index in [9.17, 15) is 9.59 Å². The summed E-state index contributed by atoms with van der Waals surface area (Å²) in [6, 6.07) is 18.3. The third-order valence-electron chi connectivity index (χ3n) is 5.50. The van der Waals surface area contributed by atoms with Crippen molar-refractivity contribution < 1.29 is 9.59 Å². The summed E-state index contributed by atoms with van der Waals surface area (Å²) in [5.41, 5.74) is 3.22. The molecule has 1 heterocycles. The molecule has 154 valence electrons. The van der Waals surface area contributed by atoms with Gasteiger partial charge in [-0.25, -0.2) is 0 Å². The summed E-state index contributed by atoms with van der Waals surface area (Å²) in [4.78, 5) is 31.2. The fourth-order valence-corrected chi connectivity index (χ4v) is 3.82. The summed E-state index contributed by atoms with van der Waals surface area (Å²) >= 11 is 0. The second-order valence-electron chi connectivity index (χ2n) is 7.96. The number of carbonyl (C=O) groups is 2. The van der Waals surface area contributed by atoms with E-state index in [1.807, 2.05) is 35.2 Å². The Bertz CT molecular complexity index is 827. The minimum Gasteiger partial charge on any atom is -0.339 e. The topological polar surface area (TPSA) is 43.9 Å². The average molecular weight is 394 g/mol. The maximum Gasteiger partial charge on any atom is 0.242 e. The number of hydrogen-bond donors (Lipinski definition) is 0. The molecule has 3 rings (SSSR count). The van der Waals surface area contributed by atoms with Crippen LogP contribution in [-0.4, -0.2) is 54.3 Å². The van der Waals surface area contributed by atoms with Gasteiger partial charge in [0, 0.05) is 45.3 Å². The van der Waals surface area contributed by atoms with Crippen molar-refractivity contribution in [1.29, 1.82) is 0 Å². The second kappa shape index (κ2) is 9.70. The van der Waals surface area contributed by atoms with E-state index in [0.29, 0.717) is 13.1 Å². The van der Waals surface area contributed by atoms with Crippen molar-refractivity contribution in [3.05, 3.63) is 65.7 Å². The van der Waals surface area contributed by atoms with E-state index in [1.165, 1.54) is 12.5 Å². The van der Waals surface area contributed by atoms with E-state index < -0.39 is 0 Å². The first kappa shape index (κ1) is 21.1. The Balaban J connectivity index is 1.61. The lowest BCUT2D eigenvalue weighted by Crippen LogP contribution is -2.51. The van der Waals surface area contributed by atoms with Crippen LogP contribution >= 0.6 is 0 Å². The van der Waals surface area contributed by atoms with Crippen molar-refractivity contribution in [3.63, 3.8) is 0 Å². The zero-order valence-electron chi connectivity index (χ0n) is 17.7. The van der Waals surface area contributed by atoms with E-state index in [4.69, 9.17) is 0 Å². The van der Waals surface area contributed by atoms with Gasteiger partial charge in [0.05, 0.1) is 0 Å². The van der Waals surface area contributed by atoms with Gasteiger partial charge >= 0.3 is 0 Å². The predicted octanol–water partition coefficient (Wildman–Crippen LogP) is 3.51. The van der Waals surface area contributed by atoms with Crippen molar-refractivity contribution in [3.8, 4) is 0 Å². The summed E-state index contributed by atoms with van der Waals surface area (Å²) < 4.78 is 0. The number of nitrogens with zero attached hydrogens (tertiary/aromatic N) is 3. The van der Waals surface area contributed by atoms with Gasteiger partial charge in [0.2, 0.25) is 11.8 Å². The molecule has 0 bridgehead atoms. The van der Waals surface area contributed by atoms with Crippen LogP contribution in [0, 0.1) is 0 Å². The Morgan fingerprint density at radius 2 is 1.55 bits per heavy atom. The Morgan fingerprint density at radius 3 is 2.17 bits per heavy atom. The molecule has 2 aromatic carbocycles. The smallest absolute Gasteiger partial charge is 0.242 e. The molecular formula is C24H31N3O2. The van der Waals surface area contributed by atoms with Crippen LogP contribution < -0.4 is 4.90 Å². The van der Waals surface area contributed by atoms with Crippen molar-refractivity contribution >= 4 is 17.5 Å². The summed E-state index contributed by atoms with van der Waals surface area (Å²) in [6.45, 7) is 9.83. The monoisotopic (exact) mass is 393 g/mol.